The van der Waals surface area contributed by atoms with Gasteiger partial charge < -0.3 is 24.4 Å². The topological polar surface area (TPSA) is 94.5 Å². The molecule has 1 aliphatic heterocycles. The predicted octanol–water partition coefficient (Wildman–Crippen LogP) is 2.81. The summed E-state index contributed by atoms with van der Waals surface area (Å²) in [5, 5.41) is 29.3. The summed E-state index contributed by atoms with van der Waals surface area (Å²) in [7, 11) is 1.71. The van der Waals surface area contributed by atoms with Crippen LogP contribution in [0.15, 0.2) is 36.4 Å². The van der Waals surface area contributed by atoms with Gasteiger partial charge in [0.15, 0.2) is 5.75 Å². The molecule has 4 rings (SSSR count). The van der Waals surface area contributed by atoms with Gasteiger partial charge in [-0.2, -0.15) is 14.0 Å². The van der Waals surface area contributed by atoms with E-state index in [4.69, 9.17) is 10.00 Å². The van der Waals surface area contributed by atoms with E-state index in [0.717, 1.165) is 4.90 Å². The number of aliphatic hydroxyl groups excluding tert-OH is 2. The van der Waals surface area contributed by atoms with Gasteiger partial charge in [-0.15, -0.1) is 0 Å². The quantitative estimate of drug-likeness (QED) is 0.702. The van der Waals surface area contributed by atoms with Gasteiger partial charge in [0, 0.05) is 12.6 Å². The number of anilines is 1. The highest BCUT2D eigenvalue weighted by molar-refractivity contribution is 5.78. The number of aromatic nitrogens is 2. The minimum Gasteiger partial charge on any atom is -0.427 e. The summed E-state index contributed by atoms with van der Waals surface area (Å²) in [6.07, 6.45) is -7.15. The van der Waals surface area contributed by atoms with Crippen LogP contribution in [0.5, 0.6) is 5.75 Å². The standard InChI is InChI=1S/C20H18F2N4O3/c1-11(27)13-4-3-5-15-18(13)29-20(21,22)19(28)26(15)10-17-24-14-7-6-12(9-23)8-16(14)25(17)2/h3-8,11,19,27-28H,10H2,1-2H3. The molecule has 2 atom stereocenters. The second kappa shape index (κ2) is 6.69. The van der Waals surface area contributed by atoms with Crippen molar-refractivity contribution >= 4 is 16.7 Å². The Morgan fingerprint density at radius 2 is 2.10 bits per heavy atom. The molecule has 0 bridgehead atoms. The molecule has 1 aromatic heterocycles. The molecule has 0 radical (unpaired) electrons. The molecule has 0 aliphatic carbocycles. The maximum atomic E-state index is 14.4. The van der Waals surface area contributed by atoms with Crippen molar-refractivity contribution in [2.45, 2.75) is 31.9 Å². The SMILES string of the molecule is CC(O)c1cccc2c1OC(F)(F)C(O)N2Cc1nc2ccc(C#N)cc2n1C. The summed E-state index contributed by atoms with van der Waals surface area (Å²) in [6, 6.07) is 11.7. The number of fused-ring (bicyclic) bond motifs is 2. The molecule has 0 saturated carbocycles. The van der Waals surface area contributed by atoms with E-state index in [2.05, 4.69) is 11.1 Å². The molecular formula is C20H18F2N4O3. The molecule has 2 unspecified atom stereocenters. The van der Waals surface area contributed by atoms with Crippen molar-refractivity contribution in [3.8, 4) is 11.8 Å². The van der Waals surface area contributed by atoms with Crippen molar-refractivity contribution < 1.29 is 23.7 Å². The molecular weight excluding hydrogens is 382 g/mol. The third-order valence-electron chi connectivity index (χ3n) is 5.03. The zero-order valence-corrected chi connectivity index (χ0v) is 15.7. The molecule has 150 valence electrons. The fourth-order valence-electron chi connectivity index (χ4n) is 3.49. The van der Waals surface area contributed by atoms with Crippen molar-refractivity contribution in [2.24, 2.45) is 7.05 Å². The minimum absolute atomic E-state index is 0.135. The van der Waals surface area contributed by atoms with E-state index >= 15 is 0 Å². The number of nitrogens with zero attached hydrogens (tertiary/aromatic N) is 4. The minimum atomic E-state index is -3.88. The zero-order valence-electron chi connectivity index (χ0n) is 15.7. The first-order valence-electron chi connectivity index (χ1n) is 8.91. The van der Waals surface area contributed by atoms with Crippen molar-refractivity contribution in [3.05, 3.63) is 53.3 Å². The Morgan fingerprint density at radius 3 is 2.79 bits per heavy atom. The lowest BCUT2D eigenvalue weighted by atomic mass is 10.1. The van der Waals surface area contributed by atoms with Crippen LogP contribution in [0.3, 0.4) is 0 Å². The number of aryl methyl sites for hydroxylation is 1. The number of aliphatic hydroxyl groups is 2. The lowest BCUT2D eigenvalue weighted by Crippen LogP contribution is -2.54. The van der Waals surface area contributed by atoms with Crippen molar-refractivity contribution in [1.82, 2.24) is 9.55 Å². The van der Waals surface area contributed by atoms with Gasteiger partial charge in [-0.25, -0.2) is 4.98 Å². The smallest absolute Gasteiger partial charge is 0.427 e. The third-order valence-corrected chi connectivity index (χ3v) is 5.03. The van der Waals surface area contributed by atoms with Crippen LogP contribution in [-0.2, 0) is 13.6 Å². The van der Waals surface area contributed by atoms with Gasteiger partial charge in [-0.1, -0.05) is 12.1 Å². The van der Waals surface area contributed by atoms with Crippen molar-refractivity contribution in [2.75, 3.05) is 4.90 Å². The van der Waals surface area contributed by atoms with Gasteiger partial charge >= 0.3 is 6.11 Å². The van der Waals surface area contributed by atoms with Crippen molar-refractivity contribution in [3.63, 3.8) is 0 Å². The van der Waals surface area contributed by atoms with Gasteiger partial charge in [-0.3, -0.25) is 0 Å². The first-order valence-corrected chi connectivity index (χ1v) is 8.91. The Bertz CT molecular complexity index is 1140. The van der Waals surface area contributed by atoms with E-state index in [1.807, 2.05) is 0 Å². The number of rotatable bonds is 3. The molecule has 2 aromatic carbocycles. The molecule has 3 aromatic rings. The van der Waals surface area contributed by atoms with Crippen LogP contribution >= 0.6 is 0 Å². The molecule has 0 saturated heterocycles. The number of halogens is 2. The van der Waals surface area contributed by atoms with Crippen LogP contribution in [0, 0.1) is 11.3 Å². The van der Waals surface area contributed by atoms with E-state index in [1.54, 1.807) is 35.9 Å². The van der Waals surface area contributed by atoms with Crippen LogP contribution in [0.1, 0.15) is 30.0 Å². The highest BCUT2D eigenvalue weighted by atomic mass is 19.3. The summed E-state index contributed by atoms with van der Waals surface area (Å²) in [5.41, 5.74) is 2.16. The average Bonchev–Trinajstić information content (AvgIpc) is 2.99. The normalized spacial score (nSPS) is 18.8. The number of para-hydroxylation sites is 1. The number of alkyl halides is 2. The predicted molar refractivity (Wildman–Crippen MR) is 100 cm³/mol. The number of hydrogen-bond acceptors (Lipinski definition) is 6. The highest BCUT2D eigenvalue weighted by Gasteiger charge is 2.51. The number of imidazole rings is 1. The molecule has 9 heteroatoms. The average molecular weight is 400 g/mol. The molecule has 29 heavy (non-hydrogen) atoms. The summed E-state index contributed by atoms with van der Waals surface area (Å²) >= 11 is 0. The van der Waals surface area contributed by atoms with E-state index in [-0.39, 0.29) is 23.5 Å². The second-order valence-electron chi connectivity index (χ2n) is 6.94. The second-order valence-corrected chi connectivity index (χ2v) is 6.94. The van der Waals surface area contributed by atoms with Gasteiger partial charge in [-0.05, 0) is 31.2 Å². The molecule has 1 aliphatic rings. The molecule has 0 spiro atoms. The summed E-state index contributed by atoms with van der Waals surface area (Å²) in [4.78, 5) is 5.55. The van der Waals surface area contributed by atoms with Crippen LogP contribution in [0.2, 0.25) is 0 Å². The van der Waals surface area contributed by atoms with Gasteiger partial charge in [0.25, 0.3) is 0 Å². The van der Waals surface area contributed by atoms with Crippen LogP contribution in [-0.4, -0.2) is 32.1 Å². The van der Waals surface area contributed by atoms with Crippen LogP contribution in [0.25, 0.3) is 11.0 Å². The van der Waals surface area contributed by atoms with Gasteiger partial charge in [0.2, 0.25) is 6.23 Å². The Balaban J connectivity index is 1.81. The number of hydrogen-bond donors (Lipinski definition) is 2. The summed E-state index contributed by atoms with van der Waals surface area (Å²) in [6.45, 7) is 1.31. The van der Waals surface area contributed by atoms with Gasteiger partial charge in [0.1, 0.15) is 5.82 Å². The number of nitriles is 1. The maximum absolute atomic E-state index is 14.4. The first-order chi connectivity index (χ1) is 13.7. The van der Waals surface area contributed by atoms with E-state index in [0.29, 0.717) is 22.4 Å². The van der Waals surface area contributed by atoms with Gasteiger partial charge in [0.05, 0.1) is 41.0 Å². The first kappa shape index (κ1) is 19.1. The zero-order chi connectivity index (χ0) is 20.9. The van der Waals surface area contributed by atoms with Crippen LogP contribution in [0.4, 0.5) is 14.5 Å². The molecule has 2 heterocycles. The molecule has 0 amide bonds. The Hall–Kier alpha value is -3.22. The fourth-order valence-corrected chi connectivity index (χ4v) is 3.49. The summed E-state index contributed by atoms with van der Waals surface area (Å²) in [5.74, 6) is 0.239. The Labute approximate surface area is 165 Å². The largest absolute Gasteiger partial charge is 0.444 e. The molecule has 7 nitrogen and oxygen atoms in total. The maximum Gasteiger partial charge on any atom is 0.444 e. The van der Waals surface area contributed by atoms with Crippen molar-refractivity contribution in [1.29, 1.82) is 5.26 Å². The van der Waals surface area contributed by atoms with E-state index < -0.39 is 18.4 Å². The lowest BCUT2D eigenvalue weighted by molar-refractivity contribution is -0.246. The molecule has 0 fully saturated rings. The summed E-state index contributed by atoms with van der Waals surface area (Å²) < 4.78 is 35.3. The number of benzene rings is 2. The highest BCUT2D eigenvalue weighted by Crippen LogP contribution is 2.45. The Kier molecular flexibility index (Phi) is 4.41. The Morgan fingerprint density at radius 1 is 1.34 bits per heavy atom. The van der Waals surface area contributed by atoms with Crippen LogP contribution < -0.4 is 9.64 Å². The van der Waals surface area contributed by atoms with E-state index in [1.165, 1.54) is 19.1 Å². The van der Waals surface area contributed by atoms with E-state index in [9.17, 15) is 19.0 Å². The number of ether oxygens (including phenoxy) is 1. The fraction of sp³-hybridized carbons (Fsp3) is 0.300. The third kappa shape index (κ3) is 3.06. The molecule has 2 N–H and O–H groups in total. The monoisotopic (exact) mass is 400 g/mol. The lowest BCUT2D eigenvalue weighted by Gasteiger charge is -2.40.